The van der Waals surface area contributed by atoms with Gasteiger partial charge in [-0.15, -0.1) is 0 Å². The summed E-state index contributed by atoms with van der Waals surface area (Å²) in [6.07, 6.45) is 3.24. The van der Waals surface area contributed by atoms with E-state index in [2.05, 4.69) is 10.6 Å². The van der Waals surface area contributed by atoms with Crippen LogP contribution >= 0.6 is 0 Å². The number of benzene rings is 2. The number of hydrogen-bond acceptors (Lipinski definition) is 5. The first kappa shape index (κ1) is 24.9. The molecule has 9 nitrogen and oxygen atoms in total. The molecular formula is C25H30N4O5S. The second kappa shape index (κ2) is 10.6. The van der Waals surface area contributed by atoms with E-state index in [-0.39, 0.29) is 17.3 Å². The Morgan fingerprint density at radius 2 is 1.71 bits per heavy atom. The van der Waals surface area contributed by atoms with Crippen LogP contribution in [0.2, 0.25) is 0 Å². The van der Waals surface area contributed by atoms with Crippen molar-refractivity contribution in [2.24, 2.45) is 5.92 Å². The maximum atomic E-state index is 12.9. The topological polar surface area (TPSA) is 116 Å². The van der Waals surface area contributed by atoms with Crippen LogP contribution in [0, 0.1) is 5.92 Å². The molecule has 2 aromatic carbocycles. The van der Waals surface area contributed by atoms with Gasteiger partial charge in [-0.2, -0.15) is 4.31 Å². The Bertz CT molecular complexity index is 1200. The zero-order chi connectivity index (χ0) is 25.0. The molecule has 10 heteroatoms. The fourth-order valence-electron chi connectivity index (χ4n) is 4.41. The lowest BCUT2D eigenvalue weighted by molar-refractivity contribution is -0.117. The minimum Gasteiger partial charge on any atom is -0.343 e. The van der Waals surface area contributed by atoms with Crippen molar-refractivity contribution >= 4 is 39.1 Å². The zero-order valence-electron chi connectivity index (χ0n) is 19.7. The summed E-state index contributed by atoms with van der Waals surface area (Å²) in [5.41, 5.74) is 1.58. The van der Waals surface area contributed by atoms with Gasteiger partial charge in [0.1, 0.15) is 0 Å². The predicted octanol–water partition coefficient (Wildman–Crippen LogP) is 2.60. The molecule has 0 spiro atoms. The van der Waals surface area contributed by atoms with Crippen molar-refractivity contribution in [1.82, 2.24) is 9.62 Å². The highest BCUT2D eigenvalue weighted by Gasteiger charge is 2.28. The van der Waals surface area contributed by atoms with Crippen molar-refractivity contribution in [2.75, 3.05) is 36.4 Å². The fourth-order valence-corrected chi connectivity index (χ4v) is 6.00. The van der Waals surface area contributed by atoms with Crippen LogP contribution in [0.1, 0.15) is 43.0 Å². The van der Waals surface area contributed by atoms with Crippen molar-refractivity contribution in [3.8, 4) is 0 Å². The molecule has 2 saturated heterocycles. The fraction of sp³-hybridized carbons (Fsp3) is 0.400. The Hall–Kier alpha value is -3.24. The van der Waals surface area contributed by atoms with E-state index in [1.54, 1.807) is 41.3 Å². The standard InChI is InChI=1S/C25H30N4O5S/c1-18-4-2-14-28(17-18)35(33,34)22-12-8-20(9-13-22)27-23(30)16-26-25(32)19-6-10-21(11-7-19)29-15-3-5-24(29)31/h6-13,18H,2-5,14-17H2,1H3,(H,26,32)(H,27,30)/t18-/m1/s1. The Morgan fingerprint density at radius 1 is 1.00 bits per heavy atom. The third kappa shape index (κ3) is 5.88. The quantitative estimate of drug-likeness (QED) is 0.609. The molecule has 0 unspecified atom stereocenters. The second-order valence-corrected chi connectivity index (χ2v) is 11.0. The first-order chi connectivity index (χ1) is 16.7. The molecular weight excluding hydrogens is 468 g/mol. The highest BCUT2D eigenvalue weighted by Crippen LogP contribution is 2.24. The van der Waals surface area contributed by atoms with Gasteiger partial charge >= 0.3 is 0 Å². The number of piperidine rings is 1. The molecule has 4 rings (SSSR count). The molecule has 186 valence electrons. The van der Waals surface area contributed by atoms with Crippen LogP contribution in [-0.2, 0) is 19.6 Å². The minimum absolute atomic E-state index is 0.0746. The summed E-state index contributed by atoms with van der Waals surface area (Å²) in [6, 6.07) is 12.7. The average Bonchev–Trinajstić information content (AvgIpc) is 3.29. The van der Waals surface area contributed by atoms with Gasteiger partial charge in [0, 0.05) is 43.0 Å². The van der Waals surface area contributed by atoms with Gasteiger partial charge in [0.25, 0.3) is 5.91 Å². The minimum atomic E-state index is -3.56. The summed E-state index contributed by atoms with van der Waals surface area (Å²) in [6.45, 7) is 3.51. The molecule has 2 N–H and O–H groups in total. The maximum absolute atomic E-state index is 12.9. The van der Waals surface area contributed by atoms with Gasteiger partial charge in [0.2, 0.25) is 21.8 Å². The number of nitrogens with zero attached hydrogens (tertiary/aromatic N) is 2. The molecule has 0 saturated carbocycles. The van der Waals surface area contributed by atoms with Crippen molar-refractivity contribution in [3.63, 3.8) is 0 Å². The largest absolute Gasteiger partial charge is 0.343 e. The van der Waals surface area contributed by atoms with E-state index in [1.165, 1.54) is 16.4 Å². The van der Waals surface area contributed by atoms with Crippen molar-refractivity contribution in [3.05, 3.63) is 54.1 Å². The van der Waals surface area contributed by atoms with E-state index >= 15 is 0 Å². The van der Waals surface area contributed by atoms with E-state index < -0.39 is 21.8 Å². The summed E-state index contributed by atoms with van der Waals surface area (Å²) in [5.74, 6) is -0.431. The van der Waals surface area contributed by atoms with Crippen LogP contribution in [0.4, 0.5) is 11.4 Å². The Morgan fingerprint density at radius 3 is 2.34 bits per heavy atom. The zero-order valence-corrected chi connectivity index (χ0v) is 20.5. The van der Waals surface area contributed by atoms with E-state index in [0.717, 1.165) is 24.9 Å². The van der Waals surface area contributed by atoms with Crippen LogP contribution in [0.25, 0.3) is 0 Å². The Labute approximate surface area is 205 Å². The summed E-state index contributed by atoms with van der Waals surface area (Å²) in [4.78, 5) is 38.4. The number of hydrogen-bond donors (Lipinski definition) is 2. The molecule has 1 atom stereocenters. The van der Waals surface area contributed by atoms with Gasteiger partial charge in [-0.3, -0.25) is 14.4 Å². The first-order valence-corrected chi connectivity index (χ1v) is 13.3. The number of amides is 3. The normalized spacial score (nSPS) is 18.9. The van der Waals surface area contributed by atoms with Crippen LogP contribution in [-0.4, -0.2) is 56.6 Å². The predicted molar refractivity (Wildman–Crippen MR) is 133 cm³/mol. The lowest BCUT2D eigenvalue weighted by Crippen LogP contribution is -2.39. The first-order valence-electron chi connectivity index (χ1n) is 11.8. The summed E-state index contributed by atoms with van der Waals surface area (Å²) < 4.78 is 27.2. The SMILES string of the molecule is C[C@@H]1CCCN(S(=O)(=O)c2ccc(NC(=O)CNC(=O)c3ccc(N4CCCC4=O)cc3)cc2)C1. The number of nitrogens with one attached hydrogen (secondary N) is 2. The second-order valence-electron chi connectivity index (χ2n) is 9.06. The summed E-state index contributed by atoms with van der Waals surface area (Å²) in [5, 5.41) is 5.22. The molecule has 2 aromatic rings. The molecule has 0 aromatic heterocycles. The van der Waals surface area contributed by atoms with Gasteiger partial charge in [0.15, 0.2) is 0 Å². The van der Waals surface area contributed by atoms with Gasteiger partial charge in [-0.05, 0) is 73.7 Å². The molecule has 0 radical (unpaired) electrons. The number of rotatable bonds is 7. The van der Waals surface area contributed by atoms with Gasteiger partial charge in [0.05, 0.1) is 11.4 Å². The molecule has 2 fully saturated rings. The molecule has 3 amide bonds. The van der Waals surface area contributed by atoms with Gasteiger partial charge in [-0.25, -0.2) is 8.42 Å². The summed E-state index contributed by atoms with van der Waals surface area (Å²) in [7, 11) is -3.56. The van der Waals surface area contributed by atoms with Crippen molar-refractivity contribution in [2.45, 2.75) is 37.5 Å². The Balaban J connectivity index is 1.28. The molecule has 2 aliphatic heterocycles. The van der Waals surface area contributed by atoms with Crippen LogP contribution in [0.15, 0.2) is 53.4 Å². The van der Waals surface area contributed by atoms with E-state index in [1.807, 2.05) is 6.92 Å². The number of carbonyl (C=O) groups excluding carboxylic acids is 3. The Kier molecular flexibility index (Phi) is 7.51. The van der Waals surface area contributed by atoms with E-state index in [4.69, 9.17) is 0 Å². The van der Waals surface area contributed by atoms with E-state index in [0.29, 0.717) is 43.2 Å². The number of carbonyl (C=O) groups is 3. The van der Waals surface area contributed by atoms with Crippen molar-refractivity contribution < 1.29 is 22.8 Å². The summed E-state index contributed by atoms with van der Waals surface area (Å²) >= 11 is 0. The third-order valence-corrected chi connectivity index (χ3v) is 8.20. The number of sulfonamides is 1. The lowest BCUT2D eigenvalue weighted by atomic mass is 10.0. The molecule has 2 aliphatic rings. The van der Waals surface area contributed by atoms with Crippen molar-refractivity contribution in [1.29, 1.82) is 0 Å². The van der Waals surface area contributed by atoms with Crippen LogP contribution in [0.5, 0.6) is 0 Å². The third-order valence-electron chi connectivity index (χ3n) is 6.32. The molecule has 35 heavy (non-hydrogen) atoms. The smallest absolute Gasteiger partial charge is 0.251 e. The molecule has 0 aliphatic carbocycles. The molecule has 2 heterocycles. The van der Waals surface area contributed by atoms with E-state index in [9.17, 15) is 22.8 Å². The van der Waals surface area contributed by atoms with Crippen LogP contribution in [0.3, 0.4) is 0 Å². The number of anilines is 2. The lowest BCUT2D eigenvalue weighted by Gasteiger charge is -2.30. The average molecular weight is 499 g/mol. The van der Waals surface area contributed by atoms with Gasteiger partial charge < -0.3 is 15.5 Å². The highest BCUT2D eigenvalue weighted by atomic mass is 32.2. The molecule has 0 bridgehead atoms. The maximum Gasteiger partial charge on any atom is 0.251 e. The van der Waals surface area contributed by atoms with Gasteiger partial charge in [-0.1, -0.05) is 6.92 Å². The van der Waals surface area contributed by atoms with Crippen LogP contribution < -0.4 is 15.5 Å². The monoisotopic (exact) mass is 498 g/mol. The highest BCUT2D eigenvalue weighted by molar-refractivity contribution is 7.89.